The van der Waals surface area contributed by atoms with Crippen molar-refractivity contribution < 1.29 is 19.4 Å². The lowest BCUT2D eigenvalue weighted by Crippen LogP contribution is -2.14. The number of esters is 1. The number of carbonyl (C=O) groups excluding carboxylic acids is 2. The molecule has 0 radical (unpaired) electrons. The maximum absolute atomic E-state index is 12.7. The quantitative estimate of drug-likeness (QED) is 0.523. The Labute approximate surface area is 142 Å². The molecule has 0 saturated heterocycles. The summed E-state index contributed by atoms with van der Waals surface area (Å²) in [5, 5.41) is 11.0. The second kappa shape index (κ2) is 6.52. The van der Waals surface area contributed by atoms with Gasteiger partial charge < -0.3 is 9.84 Å². The molecular weight excluding hydrogens is 328 g/mol. The highest BCUT2D eigenvalue weighted by Crippen LogP contribution is 2.33. The van der Waals surface area contributed by atoms with Crippen molar-refractivity contribution in [1.29, 1.82) is 0 Å². The van der Waals surface area contributed by atoms with E-state index in [0.717, 1.165) is 5.69 Å². The Morgan fingerprint density at radius 2 is 2.17 bits per heavy atom. The number of aryl methyl sites for hydroxylation is 2. The Morgan fingerprint density at radius 3 is 2.83 bits per heavy atom. The van der Waals surface area contributed by atoms with Crippen LogP contribution in [0.4, 0.5) is 0 Å². The number of hydrogen-bond donors (Lipinski definition) is 1. The number of thiazole rings is 1. The topological polar surface area (TPSA) is 89.4 Å². The molecule has 24 heavy (non-hydrogen) atoms. The molecule has 0 unspecified atom stereocenters. The van der Waals surface area contributed by atoms with Gasteiger partial charge in [-0.05, 0) is 31.9 Å². The normalized spacial score (nSPS) is 15.8. The van der Waals surface area contributed by atoms with Crippen LogP contribution in [0.3, 0.4) is 0 Å². The Bertz CT molecular complexity index is 837. The van der Waals surface area contributed by atoms with Gasteiger partial charge in [-0.25, -0.2) is 4.98 Å². The van der Waals surface area contributed by atoms with E-state index in [4.69, 9.17) is 0 Å². The van der Waals surface area contributed by atoms with Crippen molar-refractivity contribution in [2.24, 2.45) is 0 Å². The van der Waals surface area contributed by atoms with Crippen LogP contribution < -0.4 is 0 Å². The lowest BCUT2D eigenvalue weighted by molar-refractivity contribution is -0.139. The number of ether oxygens (including phenoxy) is 1. The first-order valence-corrected chi connectivity index (χ1v) is 8.26. The number of aromatic nitrogens is 2. The van der Waals surface area contributed by atoms with Crippen molar-refractivity contribution in [2.45, 2.75) is 26.2 Å². The molecule has 0 bridgehead atoms. The largest absolute Gasteiger partial charge is 0.507 e. The van der Waals surface area contributed by atoms with E-state index in [1.807, 2.05) is 6.92 Å². The molecule has 3 rings (SSSR count). The van der Waals surface area contributed by atoms with Crippen molar-refractivity contribution in [3.05, 3.63) is 50.7 Å². The molecule has 0 amide bonds. The second-order valence-corrected chi connectivity index (χ2v) is 6.56. The molecule has 1 aliphatic carbocycles. The number of carbonyl (C=O) groups is 2. The van der Waals surface area contributed by atoms with Crippen LogP contribution in [-0.4, -0.2) is 33.9 Å². The van der Waals surface area contributed by atoms with E-state index >= 15 is 0 Å². The Kier molecular flexibility index (Phi) is 4.44. The zero-order chi connectivity index (χ0) is 17.3. The molecule has 2 aromatic rings. The fraction of sp³-hybridized carbons (Fsp3) is 0.294. The summed E-state index contributed by atoms with van der Waals surface area (Å²) < 4.78 is 4.63. The van der Waals surface area contributed by atoms with Gasteiger partial charge in [-0.15, -0.1) is 11.3 Å². The van der Waals surface area contributed by atoms with Gasteiger partial charge in [0.05, 0.1) is 24.1 Å². The molecule has 0 fully saturated rings. The predicted octanol–water partition coefficient (Wildman–Crippen LogP) is 2.66. The van der Waals surface area contributed by atoms with Crippen molar-refractivity contribution in [3.8, 4) is 0 Å². The second-order valence-electron chi connectivity index (χ2n) is 5.48. The van der Waals surface area contributed by atoms with E-state index < -0.39 is 5.97 Å². The molecular formula is C17H16N2O4S. The monoisotopic (exact) mass is 344 g/mol. The average Bonchev–Trinajstić information content (AvgIpc) is 2.98. The smallest absolute Gasteiger partial charge is 0.312 e. The fourth-order valence-corrected chi connectivity index (χ4v) is 3.58. The number of Topliss-reactive ketones (excluding diaryl/α,β-unsaturated/α-hetero) is 1. The van der Waals surface area contributed by atoms with Crippen molar-refractivity contribution in [1.82, 2.24) is 9.97 Å². The van der Waals surface area contributed by atoms with Crippen LogP contribution in [0.2, 0.25) is 0 Å². The fourth-order valence-electron chi connectivity index (χ4n) is 2.52. The third kappa shape index (κ3) is 3.07. The minimum Gasteiger partial charge on any atom is -0.507 e. The molecule has 6 nitrogen and oxygen atoms in total. The highest BCUT2D eigenvalue weighted by molar-refractivity contribution is 7.14. The third-order valence-electron chi connectivity index (χ3n) is 3.83. The zero-order valence-corrected chi connectivity index (χ0v) is 14.1. The summed E-state index contributed by atoms with van der Waals surface area (Å²) in [5.74, 6) is -0.665. The van der Waals surface area contributed by atoms with Crippen LogP contribution in [-0.2, 0) is 22.4 Å². The first kappa shape index (κ1) is 16.3. The van der Waals surface area contributed by atoms with E-state index in [1.54, 1.807) is 18.3 Å². The van der Waals surface area contributed by atoms with Crippen molar-refractivity contribution in [2.75, 3.05) is 7.11 Å². The molecule has 2 aromatic heterocycles. The van der Waals surface area contributed by atoms with E-state index in [9.17, 15) is 14.7 Å². The van der Waals surface area contributed by atoms with Crippen LogP contribution in [0.15, 0.2) is 23.9 Å². The van der Waals surface area contributed by atoms with E-state index in [2.05, 4.69) is 14.7 Å². The van der Waals surface area contributed by atoms with Gasteiger partial charge in [0.25, 0.3) is 0 Å². The van der Waals surface area contributed by atoms with Gasteiger partial charge in [-0.2, -0.15) is 0 Å². The number of fused-ring (bicyclic) bond motifs is 1. The van der Waals surface area contributed by atoms with Crippen LogP contribution in [0.25, 0.3) is 5.76 Å². The van der Waals surface area contributed by atoms with Gasteiger partial charge in [0.1, 0.15) is 10.8 Å². The summed E-state index contributed by atoms with van der Waals surface area (Å²) in [5.41, 5.74) is 2.40. The van der Waals surface area contributed by atoms with E-state index in [-0.39, 0.29) is 18.0 Å². The van der Waals surface area contributed by atoms with Gasteiger partial charge in [-0.1, -0.05) is 0 Å². The molecule has 1 N–H and O–H groups in total. The summed E-state index contributed by atoms with van der Waals surface area (Å²) in [6.07, 6.45) is 2.56. The van der Waals surface area contributed by atoms with Crippen LogP contribution in [0.5, 0.6) is 0 Å². The number of rotatable bonds is 3. The number of ketones is 1. The van der Waals surface area contributed by atoms with Crippen molar-refractivity contribution >= 4 is 28.8 Å². The van der Waals surface area contributed by atoms with Crippen LogP contribution in [0, 0.1) is 6.92 Å². The molecule has 0 aromatic carbocycles. The lowest BCUT2D eigenvalue weighted by atomic mass is 9.93. The minimum absolute atomic E-state index is 0.0407. The maximum atomic E-state index is 12.7. The SMILES string of the molecule is COC(=O)Cc1nc2c(s1)C(=O)/C(=C(\O)c1ccc(C)nc1)CC2. The van der Waals surface area contributed by atoms with Gasteiger partial charge in [0.2, 0.25) is 5.78 Å². The maximum Gasteiger partial charge on any atom is 0.312 e. The highest BCUT2D eigenvalue weighted by atomic mass is 32.1. The van der Waals surface area contributed by atoms with Crippen LogP contribution in [0.1, 0.15) is 38.1 Å². The number of nitrogens with zero attached hydrogens (tertiary/aromatic N) is 2. The summed E-state index contributed by atoms with van der Waals surface area (Å²) in [6.45, 7) is 1.85. The zero-order valence-electron chi connectivity index (χ0n) is 13.3. The van der Waals surface area contributed by atoms with Crippen molar-refractivity contribution in [3.63, 3.8) is 0 Å². The number of allylic oxidation sites excluding steroid dienone is 1. The minimum atomic E-state index is -0.391. The lowest BCUT2D eigenvalue weighted by Gasteiger charge is -2.14. The summed E-state index contributed by atoms with van der Waals surface area (Å²) >= 11 is 1.18. The van der Waals surface area contributed by atoms with Gasteiger partial charge in [0.15, 0.2) is 0 Å². The predicted molar refractivity (Wildman–Crippen MR) is 89.0 cm³/mol. The molecule has 124 valence electrons. The van der Waals surface area contributed by atoms with E-state index in [1.165, 1.54) is 18.4 Å². The van der Waals surface area contributed by atoms with Gasteiger partial charge in [-0.3, -0.25) is 14.6 Å². The first-order valence-electron chi connectivity index (χ1n) is 7.45. The number of aliphatic hydroxyl groups is 1. The van der Waals surface area contributed by atoms with Crippen LogP contribution >= 0.6 is 11.3 Å². The number of pyridine rings is 1. The summed E-state index contributed by atoms with van der Waals surface area (Å²) in [6, 6.07) is 3.52. The molecule has 1 aliphatic rings. The van der Waals surface area contributed by atoms with E-state index in [0.29, 0.717) is 39.6 Å². The Morgan fingerprint density at radius 1 is 1.38 bits per heavy atom. The molecule has 2 heterocycles. The summed E-state index contributed by atoms with van der Waals surface area (Å²) in [4.78, 5) is 33.0. The number of hydrogen-bond acceptors (Lipinski definition) is 7. The molecule has 0 atom stereocenters. The molecule has 0 saturated carbocycles. The average molecular weight is 344 g/mol. The molecule has 0 spiro atoms. The molecule has 0 aliphatic heterocycles. The molecule has 7 heteroatoms. The standard InChI is InChI=1S/C17H16N2O4S/c1-9-3-4-10(8-18-9)15(21)11-5-6-12-17(16(11)22)24-13(19-12)7-14(20)23-2/h3-4,8,21H,5-7H2,1-2H3/b15-11-. The number of methoxy groups -OCH3 is 1. The Hall–Kier alpha value is -2.54. The highest BCUT2D eigenvalue weighted by Gasteiger charge is 2.29. The van der Waals surface area contributed by atoms with Gasteiger partial charge >= 0.3 is 5.97 Å². The summed E-state index contributed by atoms with van der Waals surface area (Å²) in [7, 11) is 1.31. The van der Waals surface area contributed by atoms with Gasteiger partial charge in [0, 0.05) is 23.0 Å². The Balaban J connectivity index is 1.92. The first-order chi connectivity index (χ1) is 11.5. The number of aliphatic hydroxyl groups excluding tert-OH is 1. The third-order valence-corrected chi connectivity index (χ3v) is 4.92.